The fourth-order valence-corrected chi connectivity index (χ4v) is 7.12. The van der Waals surface area contributed by atoms with Crippen LogP contribution in [-0.2, 0) is 50.0 Å². The quantitative estimate of drug-likeness (QED) is 0.195. The van der Waals surface area contributed by atoms with E-state index in [1.165, 1.54) is 11.1 Å². The van der Waals surface area contributed by atoms with Crippen LogP contribution in [0.2, 0.25) is 0 Å². The minimum Gasteiger partial charge on any atom is -0.493 e. The molecule has 0 aliphatic carbocycles. The molecule has 0 spiro atoms. The third-order valence-electron chi connectivity index (χ3n) is 9.95. The number of imide groups is 1. The molecule has 12 heteroatoms. The number of nitrogens with one attached hydrogen (secondary N) is 1. The average Bonchev–Trinajstić information content (AvgIpc) is 3.47. The summed E-state index contributed by atoms with van der Waals surface area (Å²) >= 11 is 0. The van der Waals surface area contributed by atoms with Crippen LogP contribution in [0.15, 0.2) is 91.0 Å². The van der Waals surface area contributed by atoms with E-state index in [-0.39, 0.29) is 31.8 Å². The van der Waals surface area contributed by atoms with Crippen LogP contribution in [-0.4, -0.2) is 67.4 Å². The molecule has 2 saturated heterocycles. The highest BCUT2D eigenvalue weighted by Crippen LogP contribution is 2.40. The molecule has 276 valence electrons. The van der Waals surface area contributed by atoms with Crippen molar-refractivity contribution in [2.24, 2.45) is 0 Å². The maximum atomic E-state index is 13.3. The zero-order valence-corrected chi connectivity index (χ0v) is 29.7. The van der Waals surface area contributed by atoms with Crippen molar-refractivity contribution in [3.8, 4) is 11.5 Å². The third-order valence-corrected chi connectivity index (χ3v) is 9.95. The Kier molecular flexibility index (Phi) is 11.0. The summed E-state index contributed by atoms with van der Waals surface area (Å²) in [4.78, 5) is 42.2. The van der Waals surface area contributed by atoms with Crippen LogP contribution >= 0.6 is 0 Å². The zero-order valence-electron chi connectivity index (χ0n) is 29.7. The second-order valence-corrected chi connectivity index (χ2v) is 13.4. The first-order valence-electron chi connectivity index (χ1n) is 17.7. The molecule has 0 radical (unpaired) electrons. The largest absolute Gasteiger partial charge is 0.493 e. The highest BCUT2D eigenvalue weighted by atomic mass is 16.7. The predicted octanol–water partition coefficient (Wildman–Crippen LogP) is 5.36. The third kappa shape index (κ3) is 8.21. The Bertz CT molecular complexity index is 1920. The first-order valence-corrected chi connectivity index (χ1v) is 17.7. The first-order chi connectivity index (χ1) is 25.8. The topological polar surface area (TPSA) is 136 Å². The molecule has 3 amide bonds. The van der Waals surface area contributed by atoms with Crippen LogP contribution in [0, 0.1) is 0 Å². The second-order valence-electron chi connectivity index (χ2n) is 13.4. The molecule has 3 aliphatic rings. The standard InChI is InChI=1S/C41H43N3O9/c1-49-36-18-30-16-17-43(22-31(30)19-37(36)50-2)23-33-20-35(28-10-8-26(24-45)9-11-28)53-40(52-33)29-12-14-32(15-13-29)44-38(46)21-34(39(44)47)42-41(48)51-25-27-6-4-3-5-7-27/h3-15,18-19,33-35,40,45H,16-17,20-25H2,1-2H3,(H,42,48). The number of aliphatic hydroxyl groups is 1. The van der Waals surface area contributed by atoms with Gasteiger partial charge >= 0.3 is 6.09 Å². The summed E-state index contributed by atoms with van der Waals surface area (Å²) in [5, 5.41) is 12.1. The van der Waals surface area contributed by atoms with E-state index in [1.54, 1.807) is 38.5 Å². The molecule has 7 rings (SSSR count). The monoisotopic (exact) mass is 721 g/mol. The SMILES string of the molecule is COc1cc2c(cc1OC)CN(CC1CC(c3ccc(CO)cc3)OC(c3ccc(N4C(=O)CC(NC(=O)OCc5ccccc5)C4=O)cc3)O1)CC2. The summed E-state index contributed by atoms with van der Waals surface area (Å²) in [6.45, 7) is 2.28. The fraction of sp³-hybridized carbons (Fsp3) is 0.341. The van der Waals surface area contributed by atoms with Gasteiger partial charge in [0.15, 0.2) is 17.8 Å². The molecule has 4 unspecified atom stereocenters. The maximum Gasteiger partial charge on any atom is 0.408 e. The molecular formula is C41H43N3O9. The molecule has 0 aromatic heterocycles. The number of nitrogens with zero attached hydrogens (tertiary/aromatic N) is 2. The number of carbonyl (C=O) groups is 3. The van der Waals surface area contributed by atoms with Crippen molar-refractivity contribution in [1.29, 1.82) is 0 Å². The van der Waals surface area contributed by atoms with E-state index in [9.17, 15) is 19.5 Å². The Balaban J connectivity index is 1.04. The molecule has 53 heavy (non-hydrogen) atoms. The van der Waals surface area contributed by atoms with Gasteiger partial charge in [0.25, 0.3) is 5.91 Å². The zero-order chi connectivity index (χ0) is 36.9. The lowest BCUT2D eigenvalue weighted by atomic mass is 9.97. The van der Waals surface area contributed by atoms with Crippen LogP contribution in [0.1, 0.15) is 58.6 Å². The number of alkyl carbamates (subject to hydrolysis) is 1. The molecule has 2 N–H and O–H groups in total. The van der Waals surface area contributed by atoms with Gasteiger partial charge in [-0.05, 0) is 58.5 Å². The van der Waals surface area contributed by atoms with Crippen LogP contribution < -0.4 is 19.7 Å². The molecular weight excluding hydrogens is 678 g/mol. The summed E-state index contributed by atoms with van der Waals surface area (Å²) < 4.78 is 29.5. The Labute approximate surface area is 308 Å². The van der Waals surface area contributed by atoms with Crippen LogP contribution in [0.25, 0.3) is 0 Å². The number of hydrogen-bond donors (Lipinski definition) is 2. The number of methoxy groups -OCH3 is 2. The lowest BCUT2D eigenvalue weighted by Gasteiger charge is -2.39. The molecule has 0 saturated carbocycles. The summed E-state index contributed by atoms with van der Waals surface area (Å²) in [6, 6.07) is 27.0. The lowest BCUT2D eigenvalue weighted by Crippen LogP contribution is -2.42. The van der Waals surface area contributed by atoms with Crippen LogP contribution in [0.4, 0.5) is 10.5 Å². The molecule has 12 nitrogen and oxygen atoms in total. The van der Waals surface area contributed by atoms with Crippen molar-refractivity contribution >= 4 is 23.6 Å². The minimum absolute atomic E-state index is 0.0449. The first kappa shape index (κ1) is 36.1. The molecule has 4 atom stereocenters. The number of rotatable bonds is 11. The molecule has 2 fully saturated rings. The van der Waals surface area contributed by atoms with Crippen molar-refractivity contribution in [3.63, 3.8) is 0 Å². The number of fused-ring (bicyclic) bond motifs is 1. The van der Waals surface area contributed by atoms with Crippen molar-refractivity contribution in [1.82, 2.24) is 10.2 Å². The van der Waals surface area contributed by atoms with Gasteiger partial charge in [-0.25, -0.2) is 9.69 Å². The van der Waals surface area contributed by atoms with E-state index in [1.807, 2.05) is 60.7 Å². The number of amides is 3. The van der Waals surface area contributed by atoms with E-state index in [0.29, 0.717) is 24.4 Å². The number of hydrogen-bond acceptors (Lipinski definition) is 10. The Morgan fingerprint density at radius 1 is 0.868 bits per heavy atom. The lowest BCUT2D eigenvalue weighted by molar-refractivity contribution is -0.253. The number of ether oxygens (including phenoxy) is 5. The average molecular weight is 722 g/mol. The number of anilines is 1. The highest BCUT2D eigenvalue weighted by Gasteiger charge is 2.41. The number of aliphatic hydroxyl groups excluding tert-OH is 1. The molecule has 4 aromatic rings. The van der Waals surface area contributed by atoms with Gasteiger partial charge in [-0.2, -0.15) is 0 Å². The van der Waals surface area contributed by atoms with Crippen molar-refractivity contribution in [3.05, 3.63) is 124 Å². The predicted molar refractivity (Wildman–Crippen MR) is 194 cm³/mol. The van der Waals surface area contributed by atoms with Gasteiger partial charge in [0.05, 0.1) is 45.1 Å². The minimum atomic E-state index is -1.03. The Morgan fingerprint density at radius 2 is 1.57 bits per heavy atom. The summed E-state index contributed by atoms with van der Waals surface area (Å²) in [6.07, 6.45) is -0.611. The van der Waals surface area contributed by atoms with Gasteiger partial charge in [-0.15, -0.1) is 0 Å². The fourth-order valence-electron chi connectivity index (χ4n) is 7.12. The van der Waals surface area contributed by atoms with Gasteiger partial charge < -0.3 is 34.1 Å². The van der Waals surface area contributed by atoms with Gasteiger partial charge in [0, 0.05) is 31.6 Å². The Morgan fingerprint density at radius 3 is 2.26 bits per heavy atom. The van der Waals surface area contributed by atoms with E-state index < -0.39 is 30.2 Å². The van der Waals surface area contributed by atoms with E-state index >= 15 is 0 Å². The van der Waals surface area contributed by atoms with Crippen molar-refractivity contribution in [2.45, 2.75) is 63.6 Å². The molecule has 4 aromatic carbocycles. The normalized spacial score (nSPS) is 21.6. The van der Waals surface area contributed by atoms with Crippen molar-refractivity contribution < 1.29 is 43.2 Å². The molecule has 3 heterocycles. The van der Waals surface area contributed by atoms with Crippen molar-refractivity contribution in [2.75, 3.05) is 32.2 Å². The molecule has 0 bridgehead atoms. The second kappa shape index (κ2) is 16.2. The van der Waals surface area contributed by atoms with Gasteiger partial charge in [-0.1, -0.05) is 66.7 Å². The van der Waals surface area contributed by atoms with E-state index in [2.05, 4.69) is 16.3 Å². The van der Waals surface area contributed by atoms with Gasteiger partial charge in [0.1, 0.15) is 12.6 Å². The van der Waals surface area contributed by atoms with E-state index in [0.717, 1.165) is 52.4 Å². The Hall–Kier alpha value is -5.27. The summed E-state index contributed by atoms with van der Waals surface area (Å²) in [5.74, 6) is 0.475. The number of benzene rings is 4. The molecule has 3 aliphatic heterocycles. The van der Waals surface area contributed by atoms with Gasteiger partial charge in [0.2, 0.25) is 5.91 Å². The van der Waals surface area contributed by atoms with Crippen LogP contribution in [0.3, 0.4) is 0 Å². The smallest absolute Gasteiger partial charge is 0.408 e. The van der Waals surface area contributed by atoms with Crippen LogP contribution in [0.5, 0.6) is 11.5 Å². The maximum absolute atomic E-state index is 13.3. The van der Waals surface area contributed by atoms with Gasteiger partial charge in [-0.3, -0.25) is 14.5 Å². The number of carbonyl (C=O) groups excluding carboxylic acids is 3. The van der Waals surface area contributed by atoms with E-state index in [4.69, 9.17) is 23.7 Å². The summed E-state index contributed by atoms with van der Waals surface area (Å²) in [5.41, 5.74) is 6.15. The summed E-state index contributed by atoms with van der Waals surface area (Å²) in [7, 11) is 3.29. The highest BCUT2D eigenvalue weighted by molar-refractivity contribution is 6.22.